The molecule has 4 heteroatoms. The van der Waals surface area contributed by atoms with Gasteiger partial charge < -0.3 is 9.47 Å². The molecular weight excluding hydrogens is 220 g/mol. The Morgan fingerprint density at radius 3 is 2.29 bits per heavy atom. The summed E-state index contributed by atoms with van der Waals surface area (Å²) in [5, 5.41) is 0. The quantitative estimate of drug-likeness (QED) is 0.336. The summed E-state index contributed by atoms with van der Waals surface area (Å²) in [6.45, 7) is 6.13. The van der Waals surface area contributed by atoms with Crippen LogP contribution in [0, 0.1) is 0 Å². The van der Waals surface area contributed by atoms with E-state index in [1.54, 1.807) is 0 Å². The van der Waals surface area contributed by atoms with Crippen molar-refractivity contribution in [1.29, 1.82) is 0 Å². The molecule has 0 heterocycles. The Balaban J connectivity index is 3.24. The summed E-state index contributed by atoms with van der Waals surface area (Å²) in [7, 11) is 0. The van der Waals surface area contributed by atoms with Crippen molar-refractivity contribution in [3.63, 3.8) is 0 Å². The van der Waals surface area contributed by atoms with Gasteiger partial charge in [-0.3, -0.25) is 4.79 Å². The molecule has 0 N–H and O–H groups in total. The van der Waals surface area contributed by atoms with Crippen LogP contribution in [0.3, 0.4) is 0 Å². The Labute approximate surface area is 103 Å². The van der Waals surface area contributed by atoms with E-state index in [2.05, 4.69) is 13.5 Å². The topological polar surface area (TPSA) is 52.6 Å². The molecule has 0 amide bonds. The average molecular weight is 242 g/mol. The minimum atomic E-state index is -0.415. The molecule has 0 aromatic rings. The predicted molar refractivity (Wildman–Crippen MR) is 65.5 cm³/mol. The first-order valence-electron chi connectivity index (χ1n) is 6.15. The molecule has 0 saturated heterocycles. The first kappa shape index (κ1) is 15.7. The van der Waals surface area contributed by atoms with Crippen LogP contribution < -0.4 is 0 Å². The Kier molecular flexibility index (Phi) is 10.3. The van der Waals surface area contributed by atoms with Crippen molar-refractivity contribution >= 4 is 11.9 Å². The SMILES string of the molecule is C=CC(=O)OCCCCOC(=O)CCCCC. The highest BCUT2D eigenvalue weighted by Crippen LogP contribution is 2.01. The van der Waals surface area contributed by atoms with Gasteiger partial charge in [0.05, 0.1) is 13.2 Å². The Morgan fingerprint density at radius 2 is 1.71 bits per heavy atom. The van der Waals surface area contributed by atoms with E-state index in [0.717, 1.165) is 25.3 Å². The summed E-state index contributed by atoms with van der Waals surface area (Å²) in [6, 6.07) is 0. The predicted octanol–water partition coefficient (Wildman–Crippen LogP) is 2.62. The number of rotatable bonds is 10. The van der Waals surface area contributed by atoms with Gasteiger partial charge in [-0.25, -0.2) is 4.79 Å². The second kappa shape index (κ2) is 11.2. The Bertz CT molecular complexity index is 236. The van der Waals surface area contributed by atoms with Crippen LogP contribution in [0.2, 0.25) is 0 Å². The highest BCUT2D eigenvalue weighted by atomic mass is 16.5. The third-order valence-electron chi connectivity index (χ3n) is 2.20. The first-order chi connectivity index (χ1) is 8.20. The van der Waals surface area contributed by atoms with Crippen molar-refractivity contribution in [1.82, 2.24) is 0 Å². The van der Waals surface area contributed by atoms with Crippen molar-refractivity contribution in [3.8, 4) is 0 Å². The van der Waals surface area contributed by atoms with Crippen LogP contribution in [-0.2, 0) is 19.1 Å². The molecule has 0 rings (SSSR count). The third kappa shape index (κ3) is 11.0. The van der Waals surface area contributed by atoms with E-state index < -0.39 is 5.97 Å². The van der Waals surface area contributed by atoms with E-state index in [1.165, 1.54) is 0 Å². The lowest BCUT2D eigenvalue weighted by atomic mass is 10.2. The summed E-state index contributed by atoms with van der Waals surface area (Å²) in [6.07, 6.45) is 6.10. The monoisotopic (exact) mass is 242 g/mol. The summed E-state index contributed by atoms with van der Waals surface area (Å²) >= 11 is 0. The van der Waals surface area contributed by atoms with Crippen LogP contribution >= 0.6 is 0 Å². The van der Waals surface area contributed by atoms with Crippen LogP contribution in [0.5, 0.6) is 0 Å². The van der Waals surface area contributed by atoms with Crippen LogP contribution in [0.25, 0.3) is 0 Å². The summed E-state index contributed by atoms with van der Waals surface area (Å²) in [5.74, 6) is -0.553. The smallest absolute Gasteiger partial charge is 0.330 e. The fourth-order valence-electron chi connectivity index (χ4n) is 1.21. The largest absolute Gasteiger partial charge is 0.466 e. The van der Waals surface area contributed by atoms with Crippen LogP contribution in [-0.4, -0.2) is 25.2 Å². The van der Waals surface area contributed by atoms with Crippen molar-refractivity contribution in [3.05, 3.63) is 12.7 Å². The second-order valence-electron chi connectivity index (χ2n) is 3.76. The molecule has 0 saturated carbocycles. The number of unbranched alkanes of at least 4 members (excludes halogenated alkanes) is 3. The Hall–Kier alpha value is -1.32. The molecule has 0 aromatic heterocycles. The van der Waals surface area contributed by atoms with Gasteiger partial charge in [0, 0.05) is 12.5 Å². The number of carbonyl (C=O) groups excluding carboxylic acids is 2. The summed E-state index contributed by atoms with van der Waals surface area (Å²) in [5.41, 5.74) is 0. The van der Waals surface area contributed by atoms with Crippen molar-refractivity contribution in [2.24, 2.45) is 0 Å². The number of carbonyl (C=O) groups is 2. The molecule has 0 aromatic carbocycles. The number of esters is 2. The van der Waals surface area contributed by atoms with Gasteiger partial charge in [-0.1, -0.05) is 26.3 Å². The van der Waals surface area contributed by atoms with Crippen molar-refractivity contribution in [2.75, 3.05) is 13.2 Å². The maximum atomic E-state index is 11.2. The van der Waals surface area contributed by atoms with E-state index in [1.807, 2.05) is 0 Å². The van der Waals surface area contributed by atoms with Crippen molar-refractivity contribution < 1.29 is 19.1 Å². The minimum absolute atomic E-state index is 0.137. The fraction of sp³-hybridized carbons (Fsp3) is 0.692. The van der Waals surface area contributed by atoms with E-state index in [9.17, 15) is 9.59 Å². The zero-order chi connectivity index (χ0) is 12.9. The Morgan fingerprint density at radius 1 is 1.06 bits per heavy atom. The van der Waals surface area contributed by atoms with Gasteiger partial charge in [0.2, 0.25) is 0 Å². The zero-order valence-corrected chi connectivity index (χ0v) is 10.6. The highest BCUT2D eigenvalue weighted by molar-refractivity contribution is 5.81. The third-order valence-corrected chi connectivity index (χ3v) is 2.20. The molecule has 0 atom stereocenters. The van der Waals surface area contributed by atoms with E-state index in [-0.39, 0.29) is 5.97 Å². The molecule has 17 heavy (non-hydrogen) atoms. The van der Waals surface area contributed by atoms with Crippen LogP contribution in [0.4, 0.5) is 0 Å². The van der Waals surface area contributed by atoms with Crippen LogP contribution in [0.1, 0.15) is 45.4 Å². The second-order valence-corrected chi connectivity index (χ2v) is 3.76. The molecule has 98 valence electrons. The molecule has 0 spiro atoms. The molecule has 0 aliphatic rings. The molecule has 0 unspecified atom stereocenters. The van der Waals surface area contributed by atoms with Crippen LogP contribution in [0.15, 0.2) is 12.7 Å². The van der Waals surface area contributed by atoms with Gasteiger partial charge in [-0.2, -0.15) is 0 Å². The van der Waals surface area contributed by atoms with Gasteiger partial charge in [0.25, 0.3) is 0 Å². The lowest BCUT2D eigenvalue weighted by Gasteiger charge is -2.04. The molecular formula is C13H22O4. The maximum absolute atomic E-state index is 11.2. The zero-order valence-electron chi connectivity index (χ0n) is 10.6. The van der Waals surface area contributed by atoms with Gasteiger partial charge in [0.1, 0.15) is 0 Å². The highest BCUT2D eigenvalue weighted by Gasteiger charge is 2.02. The van der Waals surface area contributed by atoms with Gasteiger partial charge >= 0.3 is 11.9 Å². The van der Waals surface area contributed by atoms with E-state index in [0.29, 0.717) is 32.5 Å². The lowest BCUT2D eigenvalue weighted by Crippen LogP contribution is -2.07. The molecule has 0 aliphatic carbocycles. The average Bonchev–Trinajstić information content (AvgIpc) is 2.33. The normalized spacial score (nSPS) is 9.71. The van der Waals surface area contributed by atoms with E-state index in [4.69, 9.17) is 9.47 Å². The number of hydrogen-bond acceptors (Lipinski definition) is 4. The van der Waals surface area contributed by atoms with Crippen molar-refractivity contribution in [2.45, 2.75) is 45.4 Å². The summed E-state index contributed by atoms with van der Waals surface area (Å²) in [4.78, 5) is 21.9. The van der Waals surface area contributed by atoms with Gasteiger partial charge in [0.15, 0.2) is 0 Å². The summed E-state index contributed by atoms with van der Waals surface area (Å²) < 4.78 is 9.80. The van der Waals surface area contributed by atoms with Gasteiger partial charge in [-0.15, -0.1) is 0 Å². The first-order valence-corrected chi connectivity index (χ1v) is 6.15. The van der Waals surface area contributed by atoms with Gasteiger partial charge in [-0.05, 0) is 19.3 Å². The number of ether oxygens (including phenoxy) is 2. The molecule has 0 radical (unpaired) electrons. The maximum Gasteiger partial charge on any atom is 0.330 e. The fourth-order valence-corrected chi connectivity index (χ4v) is 1.21. The molecule has 4 nitrogen and oxygen atoms in total. The molecule has 0 fully saturated rings. The van der Waals surface area contributed by atoms with E-state index >= 15 is 0 Å². The molecule has 0 aliphatic heterocycles. The molecule has 0 bridgehead atoms. The minimum Gasteiger partial charge on any atom is -0.466 e. The lowest BCUT2D eigenvalue weighted by molar-refractivity contribution is -0.144. The number of hydrogen-bond donors (Lipinski definition) is 0. The standard InChI is InChI=1S/C13H22O4/c1-3-5-6-9-13(15)17-11-8-7-10-16-12(14)4-2/h4H,2-3,5-11H2,1H3.